The highest BCUT2D eigenvalue weighted by atomic mass is 32.2. The lowest BCUT2D eigenvalue weighted by Gasteiger charge is -2.29. The normalized spacial score (nSPS) is 15.3. The van der Waals surface area contributed by atoms with Gasteiger partial charge in [-0.15, -0.1) is 0 Å². The molecule has 0 amide bonds. The Bertz CT molecular complexity index is 558. The lowest BCUT2D eigenvalue weighted by molar-refractivity contribution is 0.371. The molecule has 3 N–H and O–H groups in total. The minimum atomic E-state index is -3.87. The van der Waals surface area contributed by atoms with Crippen LogP contribution in [0.4, 0.5) is 4.39 Å². The third-order valence-corrected chi connectivity index (χ3v) is 4.35. The molecule has 6 heteroatoms. The molecule has 0 bridgehead atoms. The zero-order valence-electron chi connectivity index (χ0n) is 12.4. The number of likely N-dealkylation sites (N-methyl/N-ethyl adjacent to an activating group) is 1. The summed E-state index contributed by atoms with van der Waals surface area (Å²) < 4.78 is 36.7. The molecule has 1 aromatic carbocycles. The molecule has 1 aromatic rings. The fraction of sp³-hybridized carbons (Fsp3) is 0.571. The molecule has 20 heavy (non-hydrogen) atoms. The zero-order valence-corrected chi connectivity index (χ0v) is 13.2. The predicted octanol–water partition coefficient (Wildman–Crippen LogP) is 2.21. The average molecular weight is 302 g/mol. The molecular weight excluding hydrogens is 279 g/mol. The van der Waals surface area contributed by atoms with Gasteiger partial charge in [0.15, 0.2) is 0 Å². The van der Waals surface area contributed by atoms with Crippen LogP contribution in [0.15, 0.2) is 23.1 Å². The Morgan fingerprint density at radius 2 is 1.90 bits per heavy atom. The van der Waals surface area contributed by atoms with Gasteiger partial charge < -0.3 is 5.32 Å². The van der Waals surface area contributed by atoms with Gasteiger partial charge in [-0.25, -0.2) is 17.9 Å². The standard InChI is InChI=1S/C14H23FN2O2S/c1-5-17-10(4)14(9(2)3)12-7-6-11(8-13(12)15)20(16,18)19/h6-10,14,17H,5H2,1-4H3,(H2,16,18,19). The van der Waals surface area contributed by atoms with Gasteiger partial charge in [0.25, 0.3) is 0 Å². The van der Waals surface area contributed by atoms with Crippen molar-refractivity contribution >= 4 is 10.0 Å². The summed E-state index contributed by atoms with van der Waals surface area (Å²) in [6.45, 7) is 8.83. The van der Waals surface area contributed by atoms with E-state index in [1.165, 1.54) is 12.1 Å². The molecule has 0 fully saturated rings. The number of benzene rings is 1. The summed E-state index contributed by atoms with van der Waals surface area (Å²) in [6, 6.07) is 3.98. The van der Waals surface area contributed by atoms with Crippen molar-refractivity contribution in [2.24, 2.45) is 11.1 Å². The van der Waals surface area contributed by atoms with Crippen LogP contribution in [0.2, 0.25) is 0 Å². The SMILES string of the molecule is CCNC(C)C(c1ccc(S(N)(=O)=O)cc1F)C(C)C. The first-order chi connectivity index (χ1) is 9.18. The Hall–Kier alpha value is -0.980. The monoisotopic (exact) mass is 302 g/mol. The van der Waals surface area contributed by atoms with E-state index in [2.05, 4.69) is 5.32 Å². The van der Waals surface area contributed by atoms with Crippen LogP contribution in [-0.4, -0.2) is 21.0 Å². The van der Waals surface area contributed by atoms with Crippen LogP contribution in [0.3, 0.4) is 0 Å². The van der Waals surface area contributed by atoms with E-state index in [0.29, 0.717) is 5.56 Å². The molecule has 0 aliphatic rings. The van der Waals surface area contributed by atoms with E-state index >= 15 is 0 Å². The quantitative estimate of drug-likeness (QED) is 0.846. The van der Waals surface area contributed by atoms with Gasteiger partial charge in [0.05, 0.1) is 4.90 Å². The van der Waals surface area contributed by atoms with E-state index in [4.69, 9.17) is 5.14 Å². The zero-order chi connectivity index (χ0) is 15.5. The lowest BCUT2D eigenvalue weighted by Crippen LogP contribution is -2.35. The first-order valence-electron chi connectivity index (χ1n) is 6.74. The molecule has 0 aliphatic carbocycles. The fourth-order valence-electron chi connectivity index (χ4n) is 2.61. The largest absolute Gasteiger partial charge is 0.314 e. The van der Waals surface area contributed by atoms with E-state index in [1.807, 2.05) is 27.7 Å². The van der Waals surface area contributed by atoms with E-state index in [-0.39, 0.29) is 22.8 Å². The summed E-state index contributed by atoms with van der Waals surface area (Å²) >= 11 is 0. The maximum absolute atomic E-state index is 14.2. The number of hydrogen-bond donors (Lipinski definition) is 2. The van der Waals surface area contributed by atoms with Crippen LogP contribution in [0.5, 0.6) is 0 Å². The first-order valence-corrected chi connectivity index (χ1v) is 8.28. The lowest BCUT2D eigenvalue weighted by atomic mass is 9.83. The van der Waals surface area contributed by atoms with Crippen LogP contribution in [0.1, 0.15) is 39.2 Å². The molecule has 0 spiro atoms. The second kappa shape index (κ2) is 6.65. The van der Waals surface area contributed by atoms with Gasteiger partial charge >= 0.3 is 0 Å². The van der Waals surface area contributed by atoms with E-state index in [0.717, 1.165) is 12.6 Å². The molecule has 114 valence electrons. The molecule has 2 unspecified atom stereocenters. The van der Waals surface area contributed by atoms with Crippen molar-refractivity contribution in [3.63, 3.8) is 0 Å². The van der Waals surface area contributed by atoms with Crippen molar-refractivity contribution < 1.29 is 12.8 Å². The maximum atomic E-state index is 14.2. The number of rotatable bonds is 6. The summed E-state index contributed by atoms with van der Waals surface area (Å²) in [6.07, 6.45) is 0. The van der Waals surface area contributed by atoms with E-state index < -0.39 is 15.8 Å². The van der Waals surface area contributed by atoms with Crippen molar-refractivity contribution in [1.82, 2.24) is 5.32 Å². The van der Waals surface area contributed by atoms with Crippen molar-refractivity contribution in [1.29, 1.82) is 0 Å². The van der Waals surface area contributed by atoms with Gasteiger partial charge in [-0.1, -0.05) is 26.8 Å². The number of nitrogens with one attached hydrogen (secondary N) is 1. The molecule has 2 atom stereocenters. The van der Waals surface area contributed by atoms with Crippen LogP contribution in [0.25, 0.3) is 0 Å². The van der Waals surface area contributed by atoms with Crippen LogP contribution in [0, 0.1) is 11.7 Å². The van der Waals surface area contributed by atoms with Crippen LogP contribution >= 0.6 is 0 Å². The van der Waals surface area contributed by atoms with E-state index in [1.54, 1.807) is 0 Å². The van der Waals surface area contributed by atoms with Crippen molar-refractivity contribution in [3.05, 3.63) is 29.6 Å². The molecular formula is C14H23FN2O2S. The summed E-state index contributed by atoms with van der Waals surface area (Å²) in [7, 11) is -3.87. The smallest absolute Gasteiger partial charge is 0.238 e. The molecule has 0 saturated carbocycles. The highest BCUT2D eigenvalue weighted by molar-refractivity contribution is 7.89. The molecule has 1 rings (SSSR count). The molecule has 4 nitrogen and oxygen atoms in total. The molecule has 0 aliphatic heterocycles. The van der Waals surface area contributed by atoms with E-state index in [9.17, 15) is 12.8 Å². The minimum Gasteiger partial charge on any atom is -0.314 e. The Labute approximate surface area is 120 Å². The van der Waals surface area contributed by atoms with Gasteiger partial charge in [0.2, 0.25) is 10.0 Å². The Kier molecular flexibility index (Phi) is 5.68. The van der Waals surface area contributed by atoms with Gasteiger partial charge in [-0.05, 0) is 37.1 Å². The van der Waals surface area contributed by atoms with Gasteiger partial charge in [-0.3, -0.25) is 0 Å². The Morgan fingerprint density at radius 3 is 2.30 bits per heavy atom. The molecule has 0 radical (unpaired) electrons. The fourth-order valence-corrected chi connectivity index (χ4v) is 3.14. The third-order valence-electron chi connectivity index (χ3n) is 3.44. The predicted molar refractivity (Wildman–Crippen MR) is 78.5 cm³/mol. The Balaban J connectivity index is 3.22. The number of halogens is 1. The minimum absolute atomic E-state index is 0.0375. The molecule has 0 heterocycles. The van der Waals surface area contributed by atoms with Gasteiger partial charge in [0.1, 0.15) is 5.82 Å². The molecule has 0 saturated heterocycles. The third kappa shape index (κ3) is 4.01. The van der Waals surface area contributed by atoms with Gasteiger partial charge in [-0.2, -0.15) is 0 Å². The number of sulfonamides is 1. The summed E-state index contributed by atoms with van der Waals surface area (Å²) in [5, 5.41) is 8.30. The van der Waals surface area contributed by atoms with Crippen molar-refractivity contribution in [3.8, 4) is 0 Å². The second-order valence-corrected chi connectivity index (χ2v) is 6.91. The summed E-state index contributed by atoms with van der Waals surface area (Å²) in [4.78, 5) is -0.197. The first kappa shape index (κ1) is 17.1. The Morgan fingerprint density at radius 1 is 1.30 bits per heavy atom. The van der Waals surface area contributed by atoms with Crippen LogP contribution < -0.4 is 10.5 Å². The highest BCUT2D eigenvalue weighted by Gasteiger charge is 2.25. The van der Waals surface area contributed by atoms with Crippen molar-refractivity contribution in [2.75, 3.05) is 6.54 Å². The number of nitrogens with two attached hydrogens (primary N) is 1. The summed E-state index contributed by atoms with van der Waals surface area (Å²) in [5.41, 5.74) is 0.515. The highest BCUT2D eigenvalue weighted by Crippen LogP contribution is 2.31. The second-order valence-electron chi connectivity index (χ2n) is 5.34. The number of primary sulfonamides is 1. The average Bonchev–Trinajstić information content (AvgIpc) is 2.30. The van der Waals surface area contributed by atoms with Crippen molar-refractivity contribution in [2.45, 2.75) is 44.6 Å². The molecule has 0 aromatic heterocycles. The number of hydrogen-bond acceptors (Lipinski definition) is 3. The van der Waals surface area contributed by atoms with Crippen LogP contribution in [-0.2, 0) is 10.0 Å². The maximum Gasteiger partial charge on any atom is 0.238 e. The van der Waals surface area contributed by atoms with Gasteiger partial charge in [0, 0.05) is 12.0 Å². The summed E-state index contributed by atoms with van der Waals surface area (Å²) in [5.74, 6) is -0.344. The topological polar surface area (TPSA) is 72.2 Å².